The highest BCUT2D eigenvalue weighted by Gasteiger charge is 2.03. The van der Waals surface area contributed by atoms with Crippen LogP contribution in [0, 0.1) is 6.92 Å². The van der Waals surface area contributed by atoms with Gasteiger partial charge < -0.3 is 14.6 Å². The molecular formula is C20H22N2O2. The Morgan fingerprint density at radius 2 is 1.88 bits per heavy atom. The molecule has 0 aliphatic carbocycles. The van der Waals surface area contributed by atoms with E-state index >= 15 is 0 Å². The first kappa shape index (κ1) is 16.1. The summed E-state index contributed by atoms with van der Waals surface area (Å²) in [7, 11) is 0. The number of amides is 1. The van der Waals surface area contributed by atoms with Gasteiger partial charge in [-0.2, -0.15) is 0 Å². The number of fused-ring (bicyclic) bond motifs is 1. The van der Waals surface area contributed by atoms with E-state index in [9.17, 15) is 4.79 Å². The van der Waals surface area contributed by atoms with Crippen LogP contribution in [0.2, 0.25) is 0 Å². The van der Waals surface area contributed by atoms with Crippen molar-refractivity contribution >= 4 is 16.8 Å². The van der Waals surface area contributed by atoms with Crippen molar-refractivity contribution in [1.82, 2.24) is 9.88 Å². The molecule has 0 aliphatic rings. The van der Waals surface area contributed by atoms with Crippen LogP contribution in [0.5, 0.6) is 5.75 Å². The summed E-state index contributed by atoms with van der Waals surface area (Å²) in [5, 5.41) is 4.16. The minimum absolute atomic E-state index is 0.0126. The number of hydrogen-bond donors (Lipinski definition) is 1. The average molecular weight is 322 g/mol. The molecule has 0 bridgehead atoms. The first-order valence-corrected chi connectivity index (χ1v) is 8.22. The van der Waals surface area contributed by atoms with Gasteiger partial charge in [0.1, 0.15) is 5.75 Å². The number of carbonyl (C=O) groups excluding carboxylic acids is 1. The standard InChI is InChI=1S/C20H22N2O2/c1-16-6-8-18(9-7-16)24-15-11-20(23)21-12-14-22-13-10-17-4-2-3-5-19(17)22/h2-10,13H,11-12,14-15H2,1H3,(H,21,23). The number of para-hydroxylation sites is 1. The van der Waals surface area contributed by atoms with Crippen LogP contribution in [0.15, 0.2) is 60.8 Å². The number of benzene rings is 2. The average Bonchev–Trinajstić information content (AvgIpc) is 3.00. The van der Waals surface area contributed by atoms with E-state index < -0.39 is 0 Å². The minimum atomic E-state index is 0.0126. The van der Waals surface area contributed by atoms with E-state index in [2.05, 4.69) is 34.3 Å². The predicted molar refractivity (Wildman–Crippen MR) is 96.2 cm³/mol. The van der Waals surface area contributed by atoms with Gasteiger partial charge in [-0.3, -0.25) is 4.79 Å². The Morgan fingerprint density at radius 1 is 1.08 bits per heavy atom. The number of carbonyl (C=O) groups is 1. The monoisotopic (exact) mass is 322 g/mol. The Kier molecular flexibility index (Phi) is 5.16. The molecule has 0 unspecified atom stereocenters. The first-order chi connectivity index (χ1) is 11.7. The summed E-state index contributed by atoms with van der Waals surface area (Å²) in [6, 6.07) is 18.2. The van der Waals surface area contributed by atoms with Gasteiger partial charge in [0.25, 0.3) is 0 Å². The van der Waals surface area contributed by atoms with Gasteiger partial charge in [0.15, 0.2) is 0 Å². The largest absolute Gasteiger partial charge is 0.493 e. The molecule has 0 spiro atoms. The van der Waals surface area contributed by atoms with Crippen molar-refractivity contribution in [2.75, 3.05) is 13.2 Å². The lowest BCUT2D eigenvalue weighted by Gasteiger charge is -2.09. The van der Waals surface area contributed by atoms with Crippen molar-refractivity contribution in [1.29, 1.82) is 0 Å². The highest BCUT2D eigenvalue weighted by Crippen LogP contribution is 2.14. The molecule has 1 heterocycles. The predicted octanol–water partition coefficient (Wildman–Crippen LogP) is 3.54. The number of aromatic nitrogens is 1. The van der Waals surface area contributed by atoms with E-state index in [1.807, 2.05) is 43.3 Å². The molecule has 2 aromatic carbocycles. The van der Waals surface area contributed by atoms with Crippen molar-refractivity contribution < 1.29 is 9.53 Å². The number of nitrogens with zero attached hydrogens (tertiary/aromatic N) is 1. The third kappa shape index (κ3) is 4.16. The van der Waals surface area contributed by atoms with Crippen molar-refractivity contribution in [2.45, 2.75) is 19.9 Å². The molecule has 3 rings (SSSR count). The van der Waals surface area contributed by atoms with Crippen LogP contribution >= 0.6 is 0 Å². The maximum Gasteiger partial charge on any atom is 0.223 e. The highest BCUT2D eigenvalue weighted by molar-refractivity contribution is 5.80. The molecule has 4 heteroatoms. The van der Waals surface area contributed by atoms with E-state index in [4.69, 9.17) is 4.74 Å². The number of ether oxygens (including phenoxy) is 1. The maximum absolute atomic E-state index is 11.9. The van der Waals surface area contributed by atoms with E-state index in [-0.39, 0.29) is 5.91 Å². The molecule has 0 atom stereocenters. The van der Waals surface area contributed by atoms with Crippen LogP contribution in [0.1, 0.15) is 12.0 Å². The Balaban J connectivity index is 1.39. The molecule has 0 saturated heterocycles. The number of aryl methyl sites for hydroxylation is 1. The van der Waals surface area contributed by atoms with Crippen LogP contribution in [0.3, 0.4) is 0 Å². The number of nitrogens with one attached hydrogen (secondary N) is 1. The van der Waals surface area contributed by atoms with Gasteiger partial charge in [0.05, 0.1) is 13.0 Å². The molecular weight excluding hydrogens is 300 g/mol. The van der Waals surface area contributed by atoms with Gasteiger partial charge in [0.2, 0.25) is 5.91 Å². The van der Waals surface area contributed by atoms with Crippen LogP contribution in [-0.4, -0.2) is 23.6 Å². The van der Waals surface area contributed by atoms with Crippen molar-refractivity contribution in [3.05, 3.63) is 66.4 Å². The fraction of sp³-hybridized carbons (Fsp3) is 0.250. The zero-order valence-electron chi connectivity index (χ0n) is 13.9. The van der Waals surface area contributed by atoms with Crippen molar-refractivity contribution in [3.8, 4) is 5.75 Å². The third-order valence-electron chi connectivity index (χ3n) is 3.97. The molecule has 1 aromatic heterocycles. The fourth-order valence-electron chi connectivity index (χ4n) is 2.64. The molecule has 4 nitrogen and oxygen atoms in total. The van der Waals surface area contributed by atoms with Gasteiger partial charge in [0, 0.05) is 24.8 Å². The Morgan fingerprint density at radius 3 is 2.71 bits per heavy atom. The lowest BCUT2D eigenvalue weighted by Crippen LogP contribution is -2.28. The molecule has 1 N–H and O–H groups in total. The van der Waals surface area contributed by atoms with Crippen LogP contribution in [0.4, 0.5) is 0 Å². The van der Waals surface area contributed by atoms with Crippen LogP contribution in [-0.2, 0) is 11.3 Å². The molecule has 0 radical (unpaired) electrons. The summed E-state index contributed by atoms with van der Waals surface area (Å²) in [6.07, 6.45) is 2.41. The smallest absolute Gasteiger partial charge is 0.223 e. The molecule has 0 saturated carbocycles. The number of rotatable bonds is 7. The molecule has 1 amide bonds. The van der Waals surface area contributed by atoms with E-state index in [1.165, 1.54) is 16.5 Å². The van der Waals surface area contributed by atoms with Gasteiger partial charge in [-0.1, -0.05) is 35.9 Å². The van der Waals surface area contributed by atoms with Crippen molar-refractivity contribution in [2.24, 2.45) is 0 Å². The third-order valence-corrected chi connectivity index (χ3v) is 3.97. The second-order valence-electron chi connectivity index (χ2n) is 5.83. The maximum atomic E-state index is 11.9. The quantitative estimate of drug-likeness (QED) is 0.723. The zero-order chi connectivity index (χ0) is 16.8. The van der Waals surface area contributed by atoms with E-state index in [0.29, 0.717) is 19.6 Å². The van der Waals surface area contributed by atoms with Gasteiger partial charge in [-0.05, 0) is 36.6 Å². The topological polar surface area (TPSA) is 43.3 Å². The Bertz CT molecular complexity index is 806. The summed E-state index contributed by atoms with van der Waals surface area (Å²) in [5.41, 5.74) is 2.38. The Hall–Kier alpha value is -2.75. The second-order valence-corrected chi connectivity index (χ2v) is 5.83. The number of hydrogen-bond acceptors (Lipinski definition) is 2. The molecule has 0 aliphatic heterocycles. The first-order valence-electron chi connectivity index (χ1n) is 8.22. The summed E-state index contributed by atoms with van der Waals surface area (Å²) < 4.78 is 7.73. The summed E-state index contributed by atoms with van der Waals surface area (Å²) in [4.78, 5) is 11.9. The van der Waals surface area contributed by atoms with Crippen LogP contribution < -0.4 is 10.1 Å². The van der Waals surface area contributed by atoms with E-state index in [0.717, 1.165) is 12.3 Å². The summed E-state index contributed by atoms with van der Waals surface area (Å²) >= 11 is 0. The SMILES string of the molecule is Cc1ccc(OCCC(=O)NCCn2ccc3ccccc32)cc1. The highest BCUT2D eigenvalue weighted by atomic mass is 16.5. The Labute approximate surface area is 142 Å². The van der Waals surface area contributed by atoms with Gasteiger partial charge in [-0.15, -0.1) is 0 Å². The lowest BCUT2D eigenvalue weighted by atomic mass is 10.2. The summed E-state index contributed by atoms with van der Waals surface area (Å²) in [5.74, 6) is 0.811. The van der Waals surface area contributed by atoms with Gasteiger partial charge in [-0.25, -0.2) is 0 Å². The van der Waals surface area contributed by atoms with Crippen LogP contribution in [0.25, 0.3) is 10.9 Å². The van der Waals surface area contributed by atoms with Crippen molar-refractivity contribution in [3.63, 3.8) is 0 Å². The summed E-state index contributed by atoms with van der Waals surface area (Å²) in [6.45, 7) is 3.80. The molecule has 24 heavy (non-hydrogen) atoms. The molecule has 0 fully saturated rings. The molecule has 124 valence electrons. The lowest BCUT2D eigenvalue weighted by molar-refractivity contribution is -0.121. The fourth-order valence-corrected chi connectivity index (χ4v) is 2.64. The zero-order valence-corrected chi connectivity index (χ0v) is 13.9. The second kappa shape index (κ2) is 7.68. The van der Waals surface area contributed by atoms with E-state index in [1.54, 1.807) is 0 Å². The normalized spacial score (nSPS) is 10.7. The minimum Gasteiger partial charge on any atom is -0.493 e. The van der Waals surface area contributed by atoms with Gasteiger partial charge >= 0.3 is 0 Å². The molecule has 3 aromatic rings.